The van der Waals surface area contributed by atoms with E-state index in [2.05, 4.69) is 0 Å². The zero-order valence-electron chi connectivity index (χ0n) is 17.4. The minimum absolute atomic E-state index is 0.00225. The van der Waals surface area contributed by atoms with Gasteiger partial charge in [0.25, 0.3) is 5.91 Å². The summed E-state index contributed by atoms with van der Waals surface area (Å²) in [6, 6.07) is 17.0. The molecule has 0 radical (unpaired) electrons. The number of nitrogens with zero attached hydrogens (tertiary/aromatic N) is 1. The number of hydrogen-bond donors (Lipinski definition) is 1. The Kier molecular flexibility index (Phi) is 4.83. The van der Waals surface area contributed by atoms with Crippen molar-refractivity contribution in [1.82, 2.24) is 0 Å². The smallest absolute Gasteiger partial charge is 0.294 e. The van der Waals surface area contributed by atoms with Gasteiger partial charge in [0.1, 0.15) is 17.4 Å². The second-order valence-corrected chi connectivity index (χ2v) is 8.43. The number of rotatable bonds is 5. The molecular formula is C25H19NO5S. The van der Waals surface area contributed by atoms with Crippen molar-refractivity contribution in [2.75, 3.05) is 12.0 Å². The second kappa shape index (κ2) is 7.69. The summed E-state index contributed by atoms with van der Waals surface area (Å²) < 4.78 is 11.1. The highest BCUT2D eigenvalue weighted by molar-refractivity contribution is 7.10. The Morgan fingerprint density at radius 2 is 1.94 bits per heavy atom. The summed E-state index contributed by atoms with van der Waals surface area (Å²) in [6.45, 7) is 1.92. The SMILES string of the molecule is COc1cccc(N2C(=O)C(O)=C(C(=O)c3cc4ccccc4o3)C2c2sccc2C)c1. The van der Waals surface area contributed by atoms with Crippen molar-refractivity contribution in [3.05, 3.63) is 93.6 Å². The minimum atomic E-state index is -0.782. The predicted molar refractivity (Wildman–Crippen MR) is 122 cm³/mol. The molecule has 6 nitrogen and oxygen atoms in total. The van der Waals surface area contributed by atoms with Crippen molar-refractivity contribution in [2.24, 2.45) is 0 Å². The number of aliphatic hydroxyl groups is 1. The summed E-state index contributed by atoms with van der Waals surface area (Å²) in [5.41, 5.74) is 2.01. The number of fused-ring (bicyclic) bond motifs is 1. The molecule has 0 saturated heterocycles. The number of thiophene rings is 1. The van der Waals surface area contributed by atoms with Gasteiger partial charge in [0, 0.05) is 22.0 Å². The van der Waals surface area contributed by atoms with Crippen LogP contribution >= 0.6 is 11.3 Å². The first-order chi connectivity index (χ1) is 15.5. The van der Waals surface area contributed by atoms with E-state index in [1.54, 1.807) is 36.4 Å². The van der Waals surface area contributed by atoms with E-state index >= 15 is 0 Å². The van der Waals surface area contributed by atoms with Crippen LogP contribution in [-0.4, -0.2) is 23.9 Å². The van der Waals surface area contributed by atoms with Gasteiger partial charge in [0.15, 0.2) is 11.5 Å². The monoisotopic (exact) mass is 445 g/mol. The van der Waals surface area contributed by atoms with Gasteiger partial charge in [-0.25, -0.2) is 0 Å². The average Bonchev–Trinajstić information content (AvgIpc) is 3.49. The zero-order chi connectivity index (χ0) is 22.4. The number of amides is 1. The Morgan fingerprint density at radius 1 is 1.12 bits per heavy atom. The number of carbonyl (C=O) groups is 2. The Hall–Kier alpha value is -3.84. The van der Waals surface area contributed by atoms with E-state index in [1.807, 2.05) is 36.6 Å². The number of aryl methyl sites for hydroxylation is 1. The highest BCUT2D eigenvalue weighted by atomic mass is 32.1. The molecule has 4 aromatic rings. The minimum Gasteiger partial charge on any atom is -0.503 e. The van der Waals surface area contributed by atoms with Gasteiger partial charge in [-0.3, -0.25) is 14.5 Å². The molecule has 0 spiro atoms. The van der Waals surface area contributed by atoms with Crippen LogP contribution in [0, 0.1) is 6.92 Å². The first-order valence-corrected chi connectivity index (χ1v) is 10.9. The maximum Gasteiger partial charge on any atom is 0.294 e. The molecular weight excluding hydrogens is 426 g/mol. The molecule has 1 unspecified atom stereocenters. The molecule has 7 heteroatoms. The largest absolute Gasteiger partial charge is 0.503 e. The fraction of sp³-hybridized carbons (Fsp3) is 0.120. The molecule has 1 amide bonds. The first-order valence-electron chi connectivity index (χ1n) is 9.97. The van der Waals surface area contributed by atoms with Crippen LogP contribution in [0.4, 0.5) is 5.69 Å². The second-order valence-electron chi connectivity index (χ2n) is 7.49. The third kappa shape index (κ3) is 3.09. The van der Waals surface area contributed by atoms with Crippen LogP contribution in [0.25, 0.3) is 11.0 Å². The summed E-state index contributed by atoms with van der Waals surface area (Å²) in [5.74, 6) is -1.09. The maximum atomic E-state index is 13.6. The summed E-state index contributed by atoms with van der Waals surface area (Å²) in [7, 11) is 1.54. The van der Waals surface area contributed by atoms with Crippen molar-refractivity contribution in [1.29, 1.82) is 0 Å². The number of furan rings is 1. The summed E-state index contributed by atoms with van der Waals surface area (Å²) in [6.07, 6.45) is 0. The molecule has 160 valence electrons. The van der Waals surface area contributed by atoms with Gasteiger partial charge in [-0.1, -0.05) is 24.3 Å². The van der Waals surface area contributed by atoms with Crippen LogP contribution in [0.15, 0.2) is 81.8 Å². The van der Waals surface area contributed by atoms with Crippen LogP contribution in [-0.2, 0) is 4.79 Å². The van der Waals surface area contributed by atoms with Crippen LogP contribution in [0.3, 0.4) is 0 Å². The molecule has 5 rings (SSSR count). The molecule has 32 heavy (non-hydrogen) atoms. The van der Waals surface area contributed by atoms with Gasteiger partial charge >= 0.3 is 0 Å². The fourth-order valence-corrected chi connectivity index (χ4v) is 5.03. The number of hydrogen-bond acceptors (Lipinski definition) is 6. The lowest BCUT2D eigenvalue weighted by Crippen LogP contribution is -2.30. The van der Waals surface area contributed by atoms with E-state index in [4.69, 9.17) is 9.15 Å². The third-order valence-corrected chi connectivity index (χ3v) is 6.65. The molecule has 3 heterocycles. The van der Waals surface area contributed by atoms with Crippen molar-refractivity contribution in [2.45, 2.75) is 13.0 Å². The van der Waals surface area contributed by atoms with E-state index in [1.165, 1.54) is 23.3 Å². The van der Waals surface area contributed by atoms with Crippen molar-refractivity contribution < 1.29 is 23.8 Å². The number of anilines is 1. The van der Waals surface area contributed by atoms with Gasteiger partial charge in [-0.15, -0.1) is 11.3 Å². The molecule has 2 aromatic heterocycles. The Labute approximate surface area is 188 Å². The molecule has 1 N–H and O–H groups in total. The lowest BCUT2D eigenvalue weighted by molar-refractivity contribution is -0.117. The molecule has 0 saturated carbocycles. The molecule has 0 fully saturated rings. The van der Waals surface area contributed by atoms with Crippen LogP contribution in [0.2, 0.25) is 0 Å². The quantitative estimate of drug-likeness (QED) is 0.405. The Balaban J connectivity index is 1.67. The fourth-order valence-electron chi connectivity index (χ4n) is 4.00. The topological polar surface area (TPSA) is 80.0 Å². The zero-order valence-corrected chi connectivity index (χ0v) is 18.2. The first kappa shape index (κ1) is 20.1. The molecule has 0 aliphatic carbocycles. The van der Waals surface area contributed by atoms with Crippen LogP contribution in [0.1, 0.15) is 27.0 Å². The number of Topliss-reactive ketones (excluding diaryl/α,β-unsaturated/α-hetero) is 1. The number of carbonyl (C=O) groups excluding carboxylic acids is 2. The van der Waals surface area contributed by atoms with Crippen LogP contribution in [0.5, 0.6) is 5.75 Å². The normalized spacial score (nSPS) is 16.2. The van der Waals surface area contributed by atoms with Gasteiger partial charge in [0.2, 0.25) is 5.78 Å². The van der Waals surface area contributed by atoms with E-state index in [0.717, 1.165) is 15.8 Å². The van der Waals surface area contributed by atoms with Gasteiger partial charge in [-0.05, 0) is 48.2 Å². The lowest BCUT2D eigenvalue weighted by atomic mass is 9.98. The third-order valence-electron chi connectivity index (χ3n) is 5.58. The van der Waals surface area contributed by atoms with E-state index in [-0.39, 0.29) is 11.3 Å². The number of benzene rings is 2. The number of methoxy groups -OCH3 is 1. The van der Waals surface area contributed by atoms with Gasteiger partial charge in [-0.2, -0.15) is 0 Å². The van der Waals surface area contributed by atoms with Crippen molar-refractivity contribution in [3.63, 3.8) is 0 Å². The maximum absolute atomic E-state index is 13.6. The van der Waals surface area contributed by atoms with Crippen molar-refractivity contribution >= 4 is 39.7 Å². The summed E-state index contributed by atoms with van der Waals surface area (Å²) >= 11 is 1.43. The predicted octanol–water partition coefficient (Wildman–Crippen LogP) is 5.59. The lowest BCUT2D eigenvalue weighted by Gasteiger charge is -2.26. The van der Waals surface area contributed by atoms with E-state index in [9.17, 15) is 14.7 Å². The highest BCUT2D eigenvalue weighted by Crippen LogP contribution is 2.45. The Morgan fingerprint density at radius 3 is 2.66 bits per heavy atom. The van der Waals surface area contributed by atoms with E-state index in [0.29, 0.717) is 17.0 Å². The number of aliphatic hydroxyl groups excluding tert-OH is 1. The Bertz CT molecular complexity index is 1360. The number of ketones is 1. The standard InChI is InChI=1S/C25H19NO5S/c1-14-10-11-32-24(14)21-20(22(27)19-12-15-6-3-4-9-18(15)31-19)23(28)25(29)26(21)16-7-5-8-17(13-16)30-2/h3-13,21,28H,1-2H3. The van der Waals surface area contributed by atoms with Crippen LogP contribution < -0.4 is 9.64 Å². The van der Waals surface area contributed by atoms with Gasteiger partial charge in [0.05, 0.1) is 12.7 Å². The number of para-hydroxylation sites is 1. The summed E-state index contributed by atoms with van der Waals surface area (Å²) in [5, 5.41) is 13.6. The summed E-state index contributed by atoms with van der Waals surface area (Å²) in [4.78, 5) is 29.1. The van der Waals surface area contributed by atoms with E-state index < -0.39 is 23.5 Å². The molecule has 1 atom stereocenters. The highest BCUT2D eigenvalue weighted by Gasteiger charge is 2.46. The molecule has 1 aliphatic heterocycles. The molecule has 1 aliphatic rings. The molecule has 2 aromatic carbocycles. The molecule has 0 bridgehead atoms. The average molecular weight is 445 g/mol. The number of ether oxygens (including phenoxy) is 1. The van der Waals surface area contributed by atoms with Crippen molar-refractivity contribution in [3.8, 4) is 5.75 Å². The van der Waals surface area contributed by atoms with Gasteiger partial charge < -0.3 is 14.3 Å².